The van der Waals surface area contributed by atoms with Crippen LogP contribution in [0.4, 0.5) is 5.69 Å². The molecule has 1 aliphatic rings. The molecule has 1 saturated heterocycles. The van der Waals surface area contributed by atoms with E-state index in [0.717, 1.165) is 24.4 Å². The van der Waals surface area contributed by atoms with Crippen LogP contribution in [0.5, 0.6) is 0 Å². The van der Waals surface area contributed by atoms with Gasteiger partial charge in [0.25, 0.3) is 5.91 Å². The Morgan fingerprint density at radius 2 is 1.91 bits per heavy atom. The van der Waals surface area contributed by atoms with E-state index in [1.165, 1.54) is 11.3 Å². The molecule has 1 aromatic carbocycles. The van der Waals surface area contributed by atoms with Crippen LogP contribution in [0.2, 0.25) is 0 Å². The summed E-state index contributed by atoms with van der Waals surface area (Å²) < 4.78 is 0. The number of carbonyl (C=O) groups is 1. The zero-order valence-corrected chi connectivity index (χ0v) is 13.6. The Labute approximate surface area is 133 Å². The summed E-state index contributed by atoms with van der Waals surface area (Å²) in [4.78, 5) is 31.0. The summed E-state index contributed by atoms with van der Waals surface area (Å²) in [6.45, 7) is 6.84. The fourth-order valence-corrected chi connectivity index (χ4v) is 3.55. The molecule has 0 saturated carbocycles. The standard InChI is InChI=1S/C16H19N3O2S/c1-11-4-3-5-13(10-11)18-6-8-19(9-7-18)15(20)14-12(2)17-16(21)22-14/h3-5,10H,6-9H2,1-2H3,(H,17,21). The summed E-state index contributed by atoms with van der Waals surface area (Å²) in [5.74, 6) is -0.0373. The van der Waals surface area contributed by atoms with Crippen LogP contribution in [0.15, 0.2) is 29.1 Å². The van der Waals surface area contributed by atoms with Gasteiger partial charge in [-0.05, 0) is 31.5 Å². The first-order valence-corrected chi connectivity index (χ1v) is 8.17. The van der Waals surface area contributed by atoms with Gasteiger partial charge in [0.15, 0.2) is 0 Å². The number of aromatic nitrogens is 1. The van der Waals surface area contributed by atoms with Gasteiger partial charge in [-0.1, -0.05) is 23.5 Å². The molecule has 2 heterocycles. The van der Waals surface area contributed by atoms with E-state index in [0.29, 0.717) is 23.7 Å². The summed E-state index contributed by atoms with van der Waals surface area (Å²) in [6, 6.07) is 8.41. The number of hydrogen-bond donors (Lipinski definition) is 1. The van der Waals surface area contributed by atoms with Crippen molar-refractivity contribution in [1.29, 1.82) is 0 Å². The Kier molecular flexibility index (Phi) is 4.02. The molecule has 22 heavy (non-hydrogen) atoms. The van der Waals surface area contributed by atoms with E-state index in [-0.39, 0.29) is 10.8 Å². The monoisotopic (exact) mass is 317 g/mol. The number of hydrogen-bond acceptors (Lipinski definition) is 4. The van der Waals surface area contributed by atoms with Crippen LogP contribution in [-0.2, 0) is 0 Å². The maximum absolute atomic E-state index is 12.5. The number of aryl methyl sites for hydroxylation is 2. The van der Waals surface area contributed by atoms with Gasteiger partial charge in [0.2, 0.25) is 0 Å². The molecular weight excluding hydrogens is 298 g/mol. The normalized spacial score (nSPS) is 15.2. The Bertz CT molecular complexity index is 742. The number of nitrogens with one attached hydrogen (secondary N) is 1. The molecule has 1 N–H and O–H groups in total. The third-order valence-electron chi connectivity index (χ3n) is 3.95. The molecule has 5 nitrogen and oxygen atoms in total. The lowest BCUT2D eigenvalue weighted by Gasteiger charge is -2.36. The summed E-state index contributed by atoms with van der Waals surface area (Å²) in [5.41, 5.74) is 3.11. The summed E-state index contributed by atoms with van der Waals surface area (Å²) in [5, 5.41) is 0. The topological polar surface area (TPSA) is 56.4 Å². The van der Waals surface area contributed by atoms with Gasteiger partial charge in [-0.15, -0.1) is 0 Å². The van der Waals surface area contributed by atoms with Gasteiger partial charge in [-0.2, -0.15) is 0 Å². The van der Waals surface area contributed by atoms with Crippen molar-refractivity contribution in [3.05, 3.63) is 50.1 Å². The molecule has 1 aliphatic heterocycles. The lowest BCUT2D eigenvalue weighted by Crippen LogP contribution is -2.48. The van der Waals surface area contributed by atoms with Gasteiger partial charge in [-0.25, -0.2) is 0 Å². The van der Waals surface area contributed by atoms with E-state index in [4.69, 9.17) is 0 Å². The molecule has 0 unspecified atom stereocenters. The number of rotatable bonds is 2. The summed E-state index contributed by atoms with van der Waals surface area (Å²) in [7, 11) is 0. The summed E-state index contributed by atoms with van der Waals surface area (Å²) in [6.07, 6.45) is 0. The minimum atomic E-state index is -0.167. The number of anilines is 1. The van der Waals surface area contributed by atoms with E-state index in [2.05, 4.69) is 41.1 Å². The molecule has 0 radical (unpaired) electrons. The van der Waals surface area contributed by atoms with Gasteiger partial charge in [0.05, 0.1) is 0 Å². The second kappa shape index (κ2) is 5.96. The van der Waals surface area contributed by atoms with Crippen LogP contribution in [0.3, 0.4) is 0 Å². The van der Waals surface area contributed by atoms with Crippen molar-refractivity contribution in [1.82, 2.24) is 9.88 Å². The lowest BCUT2D eigenvalue weighted by molar-refractivity contribution is 0.0750. The zero-order valence-electron chi connectivity index (χ0n) is 12.8. The van der Waals surface area contributed by atoms with Gasteiger partial charge in [0, 0.05) is 37.6 Å². The van der Waals surface area contributed by atoms with Crippen molar-refractivity contribution in [2.24, 2.45) is 0 Å². The Morgan fingerprint density at radius 3 is 2.50 bits per heavy atom. The van der Waals surface area contributed by atoms with Crippen LogP contribution in [0.25, 0.3) is 0 Å². The highest BCUT2D eigenvalue weighted by molar-refractivity contribution is 7.11. The fourth-order valence-electron chi connectivity index (χ4n) is 2.74. The highest BCUT2D eigenvalue weighted by Crippen LogP contribution is 2.19. The number of thiazole rings is 1. The van der Waals surface area contributed by atoms with E-state index in [1.54, 1.807) is 6.92 Å². The van der Waals surface area contributed by atoms with Gasteiger partial charge in [-0.3, -0.25) is 9.59 Å². The minimum Gasteiger partial charge on any atom is -0.368 e. The highest BCUT2D eigenvalue weighted by Gasteiger charge is 2.24. The van der Waals surface area contributed by atoms with Crippen LogP contribution in [0.1, 0.15) is 20.9 Å². The van der Waals surface area contributed by atoms with Crippen molar-refractivity contribution < 1.29 is 4.79 Å². The van der Waals surface area contributed by atoms with Gasteiger partial charge >= 0.3 is 4.87 Å². The van der Waals surface area contributed by atoms with E-state index in [9.17, 15) is 9.59 Å². The second-order valence-corrected chi connectivity index (χ2v) is 6.57. The van der Waals surface area contributed by atoms with Gasteiger partial charge in [0.1, 0.15) is 4.88 Å². The Balaban J connectivity index is 1.68. The maximum atomic E-state index is 12.5. The quantitative estimate of drug-likeness (QED) is 0.922. The predicted octanol–water partition coefficient (Wildman–Crippen LogP) is 2.02. The molecule has 0 atom stereocenters. The smallest absolute Gasteiger partial charge is 0.305 e. The first kappa shape index (κ1) is 14.8. The minimum absolute atomic E-state index is 0.0373. The number of H-pyrrole nitrogens is 1. The van der Waals surface area contributed by atoms with Crippen LogP contribution in [0, 0.1) is 13.8 Å². The molecule has 3 rings (SSSR count). The summed E-state index contributed by atoms with van der Waals surface area (Å²) >= 11 is 0.999. The first-order chi connectivity index (χ1) is 10.5. The van der Waals surface area contributed by atoms with E-state index < -0.39 is 0 Å². The highest BCUT2D eigenvalue weighted by atomic mass is 32.1. The largest absolute Gasteiger partial charge is 0.368 e. The molecular formula is C16H19N3O2S. The average molecular weight is 317 g/mol. The maximum Gasteiger partial charge on any atom is 0.305 e. The average Bonchev–Trinajstić information content (AvgIpc) is 2.85. The second-order valence-electron chi connectivity index (χ2n) is 5.59. The lowest BCUT2D eigenvalue weighted by atomic mass is 10.2. The van der Waals surface area contributed by atoms with Crippen LogP contribution < -0.4 is 9.77 Å². The number of nitrogens with zero attached hydrogens (tertiary/aromatic N) is 2. The Morgan fingerprint density at radius 1 is 1.18 bits per heavy atom. The van der Waals surface area contributed by atoms with E-state index in [1.807, 2.05) is 4.90 Å². The molecule has 116 valence electrons. The molecule has 0 spiro atoms. The third-order valence-corrected chi connectivity index (χ3v) is 4.93. The first-order valence-electron chi connectivity index (χ1n) is 7.35. The zero-order chi connectivity index (χ0) is 15.7. The van der Waals surface area contributed by atoms with Gasteiger partial charge < -0.3 is 14.8 Å². The van der Waals surface area contributed by atoms with Crippen molar-refractivity contribution in [2.45, 2.75) is 13.8 Å². The number of benzene rings is 1. The van der Waals surface area contributed by atoms with Crippen LogP contribution in [-0.4, -0.2) is 42.0 Å². The fraction of sp³-hybridized carbons (Fsp3) is 0.375. The van der Waals surface area contributed by atoms with E-state index >= 15 is 0 Å². The Hall–Kier alpha value is -2.08. The van der Waals surface area contributed by atoms with Crippen molar-refractivity contribution in [3.63, 3.8) is 0 Å². The van der Waals surface area contributed by atoms with Crippen molar-refractivity contribution in [2.75, 3.05) is 31.1 Å². The van der Waals surface area contributed by atoms with Crippen LogP contribution >= 0.6 is 11.3 Å². The molecule has 2 aromatic rings. The number of carbonyl (C=O) groups excluding carboxylic acids is 1. The molecule has 1 aromatic heterocycles. The number of piperazine rings is 1. The van der Waals surface area contributed by atoms with Crippen molar-refractivity contribution in [3.8, 4) is 0 Å². The molecule has 0 bridgehead atoms. The molecule has 0 aliphatic carbocycles. The molecule has 6 heteroatoms. The number of aromatic amines is 1. The third kappa shape index (κ3) is 2.92. The predicted molar refractivity (Wildman–Crippen MR) is 89.0 cm³/mol. The number of amides is 1. The molecule has 1 fully saturated rings. The SMILES string of the molecule is Cc1cccc(N2CCN(C(=O)c3sc(=O)[nH]c3C)CC2)c1. The van der Waals surface area contributed by atoms with Crippen molar-refractivity contribution >= 4 is 22.9 Å². The molecule has 1 amide bonds.